The van der Waals surface area contributed by atoms with Crippen molar-refractivity contribution in [2.24, 2.45) is 11.8 Å². The van der Waals surface area contributed by atoms with E-state index in [0.29, 0.717) is 17.9 Å². The molecule has 0 bridgehead atoms. The van der Waals surface area contributed by atoms with E-state index in [1.165, 1.54) is 4.31 Å². The van der Waals surface area contributed by atoms with E-state index < -0.39 is 10.0 Å². The predicted octanol–water partition coefficient (Wildman–Crippen LogP) is 3.00. The van der Waals surface area contributed by atoms with E-state index in [2.05, 4.69) is 4.90 Å². The highest BCUT2D eigenvalue weighted by molar-refractivity contribution is 7.89. The molecule has 1 atom stereocenters. The predicted molar refractivity (Wildman–Crippen MR) is 104 cm³/mol. The van der Waals surface area contributed by atoms with Gasteiger partial charge in [-0.15, -0.1) is 0 Å². The van der Waals surface area contributed by atoms with Crippen LogP contribution in [0.4, 0.5) is 10.1 Å². The van der Waals surface area contributed by atoms with E-state index in [9.17, 15) is 12.8 Å². The van der Waals surface area contributed by atoms with Crippen molar-refractivity contribution in [3.8, 4) is 0 Å². The van der Waals surface area contributed by atoms with Gasteiger partial charge in [-0.2, -0.15) is 4.31 Å². The van der Waals surface area contributed by atoms with Gasteiger partial charge in [-0.1, -0.05) is 6.07 Å². The molecule has 150 valence electrons. The number of hydrogen-bond donors (Lipinski definition) is 0. The summed E-state index contributed by atoms with van der Waals surface area (Å²) in [5.41, 5.74) is 1.35. The molecule has 4 rings (SSSR count). The maximum Gasteiger partial charge on any atom is 0.214 e. The van der Waals surface area contributed by atoms with E-state index in [4.69, 9.17) is 4.74 Å². The molecular weight excluding hydrogens is 367 g/mol. The maximum absolute atomic E-state index is 14.7. The first kappa shape index (κ1) is 19.2. The minimum absolute atomic E-state index is 0.0709. The van der Waals surface area contributed by atoms with Crippen LogP contribution in [0.25, 0.3) is 0 Å². The monoisotopic (exact) mass is 396 g/mol. The van der Waals surface area contributed by atoms with Gasteiger partial charge in [0.05, 0.1) is 5.75 Å². The van der Waals surface area contributed by atoms with Gasteiger partial charge in [-0.05, 0) is 56.6 Å². The molecule has 27 heavy (non-hydrogen) atoms. The van der Waals surface area contributed by atoms with Crippen LogP contribution in [0.15, 0.2) is 18.2 Å². The Kier molecular flexibility index (Phi) is 5.45. The summed E-state index contributed by atoms with van der Waals surface area (Å²) < 4.78 is 46.2. The van der Waals surface area contributed by atoms with Crippen molar-refractivity contribution in [1.82, 2.24) is 4.31 Å². The second kappa shape index (κ2) is 7.68. The molecule has 7 heteroatoms. The number of anilines is 1. The minimum Gasteiger partial charge on any atom is -0.381 e. The van der Waals surface area contributed by atoms with Crippen molar-refractivity contribution in [1.29, 1.82) is 0 Å². The van der Waals surface area contributed by atoms with Gasteiger partial charge in [0.25, 0.3) is 0 Å². The van der Waals surface area contributed by atoms with Gasteiger partial charge in [-0.25, -0.2) is 12.8 Å². The summed E-state index contributed by atoms with van der Waals surface area (Å²) >= 11 is 0. The molecule has 3 saturated heterocycles. The van der Waals surface area contributed by atoms with Crippen molar-refractivity contribution in [2.75, 3.05) is 37.0 Å². The van der Waals surface area contributed by atoms with Crippen molar-refractivity contribution in [2.45, 2.75) is 45.2 Å². The molecular formula is C20H29FN2O3S. The first-order valence-electron chi connectivity index (χ1n) is 10.0. The molecule has 0 saturated carbocycles. The summed E-state index contributed by atoms with van der Waals surface area (Å²) in [4.78, 5) is 2.22. The molecule has 0 aromatic heterocycles. The number of ether oxygens (including phenoxy) is 1. The average molecular weight is 397 g/mol. The fourth-order valence-corrected chi connectivity index (χ4v) is 6.34. The first-order valence-corrected chi connectivity index (χ1v) is 11.7. The molecule has 0 spiro atoms. The summed E-state index contributed by atoms with van der Waals surface area (Å²) in [6.45, 7) is 5.70. The smallest absolute Gasteiger partial charge is 0.214 e. The van der Waals surface area contributed by atoms with Crippen LogP contribution < -0.4 is 4.90 Å². The topological polar surface area (TPSA) is 49.9 Å². The van der Waals surface area contributed by atoms with E-state index in [-0.39, 0.29) is 24.2 Å². The molecule has 1 aromatic rings. The molecule has 1 unspecified atom stereocenters. The van der Waals surface area contributed by atoms with Crippen molar-refractivity contribution >= 4 is 15.7 Å². The molecule has 5 nitrogen and oxygen atoms in total. The molecule has 0 N–H and O–H groups in total. The third-order valence-electron chi connectivity index (χ3n) is 6.44. The third-order valence-corrected chi connectivity index (χ3v) is 8.45. The molecule has 0 radical (unpaired) electrons. The van der Waals surface area contributed by atoms with E-state index >= 15 is 0 Å². The fraction of sp³-hybridized carbons (Fsp3) is 0.700. The SMILES string of the molecule is CC1CCCS(=O)(=O)N1Cc1ccc(N2CC(C3CCOCC3)C2)cc1F. The summed E-state index contributed by atoms with van der Waals surface area (Å²) in [7, 11) is -3.28. The Morgan fingerprint density at radius 2 is 1.89 bits per heavy atom. The summed E-state index contributed by atoms with van der Waals surface area (Å²) in [5.74, 6) is 1.26. The van der Waals surface area contributed by atoms with Crippen LogP contribution in [-0.4, -0.2) is 50.8 Å². The number of sulfonamides is 1. The van der Waals surface area contributed by atoms with Gasteiger partial charge in [0.15, 0.2) is 0 Å². The van der Waals surface area contributed by atoms with Crippen LogP contribution in [-0.2, 0) is 21.3 Å². The molecule has 3 fully saturated rings. The van der Waals surface area contributed by atoms with E-state index in [0.717, 1.165) is 57.2 Å². The van der Waals surface area contributed by atoms with Crippen LogP contribution in [0.1, 0.15) is 38.2 Å². The van der Waals surface area contributed by atoms with Crippen LogP contribution in [0, 0.1) is 17.7 Å². The van der Waals surface area contributed by atoms with Crippen LogP contribution in [0.2, 0.25) is 0 Å². The van der Waals surface area contributed by atoms with Gasteiger partial charge in [0.1, 0.15) is 5.82 Å². The van der Waals surface area contributed by atoms with Gasteiger partial charge in [-0.3, -0.25) is 0 Å². The second-order valence-electron chi connectivity index (χ2n) is 8.24. The molecule has 0 amide bonds. The number of rotatable bonds is 4. The standard InChI is InChI=1S/C20H29FN2O3S/c1-15-3-2-10-27(24,25)23(15)14-17-4-5-19(11-20(17)21)22-12-18(13-22)16-6-8-26-9-7-16/h4-5,11,15-16,18H,2-3,6-10,12-14H2,1H3. The molecule has 3 aliphatic rings. The second-order valence-corrected chi connectivity index (χ2v) is 10.3. The highest BCUT2D eigenvalue weighted by Gasteiger charge is 2.35. The lowest BCUT2D eigenvalue weighted by molar-refractivity contribution is 0.0410. The van der Waals surface area contributed by atoms with Crippen molar-refractivity contribution in [3.63, 3.8) is 0 Å². The molecule has 1 aromatic carbocycles. The van der Waals surface area contributed by atoms with Crippen LogP contribution in [0.3, 0.4) is 0 Å². The summed E-state index contributed by atoms with van der Waals surface area (Å²) in [6.07, 6.45) is 3.79. The minimum atomic E-state index is -3.28. The average Bonchev–Trinajstić information content (AvgIpc) is 2.59. The molecule has 3 heterocycles. The summed E-state index contributed by atoms with van der Waals surface area (Å²) in [6, 6.07) is 5.18. The number of benzene rings is 1. The lowest BCUT2D eigenvalue weighted by Gasteiger charge is -2.46. The Labute approximate surface area is 161 Å². The van der Waals surface area contributed by atoms with Gasteiger partial charge in [0, 0.05) is 50.1 Å². The molecule has 3 aliphatic heterocycles. The zero-order valence-corrected chi connectivity index (χ0v) is 16.8. The normalized spacial score (nSPS) is 27.5. The zero-order chi connectivity index (χ0) is 19.0. The van der Waals surface area contributed by atoms with Crippen molar-refractivity contribution in [3.05, 3.63) is 29.6 Å². The number of halogens is 1. The van der Waals surface area contributed by atoms with Gasteiger partial charge in [0.2, 0.25) is 10.0 Å². The summed E-state index contributed by atoms with van der Waals surface area (Å²) in [5, 5.41) is 0. The third kappa shape index (κ3) is 4.00. The van der Waals surface area contributed by atoms with Gasteiger partial charge < -0.3 is 9.64 Å². The van der Waals surface area contributed by atoms with E-state index in [1.54, 1.807) is 12.1 Å². The Bertz CT molecular complexity index is 773. The lowest BCUT2D eigenvalue weighted by Crippen LogP contribution is -2.51. The van der Waals surface area contributed by atoms with E-state index in [1.807, 2.05) is 13.0 Å². The molecule has 0 aliphatic carbocycles. The lowest BCUT2D eigenvalue weighted by atomic mass is 9.80. The largest absolute Gasteiger partial charge is 0.381 e. The quantitative estimate of drug-likeness (QED) is 0.785. The zero-order valence-electron chi connectivity index (χ0n) is 15.9. The maximum atomic E-state index is 14.7. The first-order chi connectivity index (χ1) is 12.9. The highest BCUT2D eigenvalue weighted by atomic mass is 32.2. The van der Waals surface area contributed by atoms with Gasteiger partial charge >= 0.3 is 0 Å². The Hall–Kier alpha value is -1.18. The fourth-order valence-electron chi connectivity index (χ4n) is 4.59. The number of hydrogen-bond acceptors (Lipinski definition) is 4. The Morgan fingerprint density at radius 3 is 2.56 bits per heavy atom. The Morgan fingerprint density at radius 1 is 1.15 bits per heavy atom. The van der Waals surface area contributed by atoms with Crippen LogP contribution in [0.5, 0.6) is 0 Å². The number of nitrogens with zero attached hydrogens (tertiary/aromatic N) is 2. The highest BCUT2D eigenvalue weighted by Crippen LogP contribution is 2.35. The van der Waals surface area contributed by atoms with Crippen LogP contribution >= 0.6 is 0 Å². The van der Waals surface area contributed by atoms with Crippen molar-refractivity contribution < 1.29 is 17.5 Å². The Balaban J connectivity index is 1.40.